The summed E-state index contributed by atoms with van der Waals surface area (Å²) in [5.41, 5.74) is 2.43. The number of benzene rings is 1. The molecule has 0 spiro atoms. The summed E-state index contributed by atoms with van der Waals surface area (Å²) in [5.74, 6) is 1.69. The number of nitrogens with one attached hydrogen (secondary N) is 2. The van der Waals surface area contributed by atoms with Crippen LogP contribution in [-0.2, 0) is 15.9 Å². The molecule has 0 unspecified atom stereocenters. The molecule has 0 amide bonds. The van der Waals surface area contributed by atoms with Crippen molar-refractivity contribution in [2.45, 2.75) is 13.3 Å². The minimum Gasteiger partial charge on any atom is -0.496 e. The quantitative estimate of drug-likeness (QED) is 0.387. The minimum atomic E-state index is 0.608. The van der Waals surface area contributed by atoms with Gasteiger partial charge in [0.15, 0.2) is 5.96 Å². The van der Waals surface area contributed by atoms with E-state index >= 15 is 0 Å². The fourth-order valence-corrected chi connectivity index (χ4v) is 2.12. The van der Waals surface area contributed by atoms with Crippen LogP contribution in [0.15, 0.2) is 23.2 Å². The van der Waals surface area contributed by atoms with Gasteiger partial charge < -0.3 is 24.8 Å². The van der Waals surface area contributed by atoms with Crippen molar-refractivity contribution in [1.82, 2.24) is 10.6 Å². The average Bonchev–Trinajstić information content (AvgIpc) is 2.56. The molecule has 0 aliphatic heterocycles. The van der Waals surface area contributed by atoms with Crippen LogP contribution in [0.4, 0.5) is 0 Å². The van der Waals surface area contributed by atoms with Crippen molar-refractivity contribution in [3.8, 4) is 5.75 Å². The summed E-state index contributed by atoms with van der Waals surface area (Å²) < 4.78 is 15.7. The van der Waals surface area contributed by atoms with Gasteiger partial charge in [0.05, 0.1) is 26.9 Å². The fourth-order valence-electron chi connectivity index (χ4n) is 2.12. The van der Waals surface area contributed by atoms with Gasteiger partial charge in [0.2, 0.25) is 0 Å². The Morgan fingerprint density at radius 2 is 1.87 bits per heavy atom. The third-order valence-electron chi connectivity index (χ3n) is 3.32. The van der Waals surface area contributed by atoms with Crippen LogP contribution in [0.1, 0.15) is 11.1 Å². The van der Waals surface area contributed by atoms with Crippen LogP contribution in [0.3, 0.4) is 0 Å². The standard InChI is InChI=1S/C17H29N3O3/c1-14-5-6-16(22-4)15(13-14)7-8-19-17(18-2)20-9-10-23-12-11-21-3/h5-6,13H,7-12H2,1-4H3,(H2,18,19,20). The SMILES string of the molecule is CN=C(NCCOCCOC)NCCc1cc(C)ccc1OC. The van der Waals surface area contributed by atoms with Crippen LogP contribution in [0, 0.1) is 6.92 Å². The van der Waals surface area contributed by atoms with E-state index in [1.54, 1.807) is 21.3 Å². The molecule has 130 valence electrons. The number of rotatable bonds is 10. The highest BCUT2D eigenvalue weighted by Crippen LogP contribution is 2.19. The van der Waals surface area contributed by atoms with E-state index in [-0.39, 0.29) is 0 Å². The van der Waals surface area contributed by atoms with Gasteiger partial charge in [0.1, 0.15) is 5.75 Å². The van der Waals surface area contributed by atoms with Crippen molar-refractivity contribution in [2.24, 2.45) is 4.99 Å². The van der Waals surface area contributed by atoms with Gasteiger partial charge in [-0.1, -0.05) is 17.7 Å². The van der Waals surface area contributed by atoms with Gasteiger partial charge in [-0.3, -0.25) is 4.99 Å². The van der Waals surface area contributed by atoms with E-state index in [1.165, 1.54) is 11.1 Å². The molecule has 0 saturated heterocycles. The molecule has 0 bridgehead atoms. The zero-order chi connectivity index (χ0) is 16.9. The molecule has 0 aliphatic carbocycles. The summed E-state index contributed by atoms with van der Waals surface area (Å²) in [6, 6.07) is 6.22. The van der Waals surface area contributed by atoms with E-state index in [0.717, 1.165) is 24.7 Å². The van der Waals surface area contributed by atoms with Crippen molar-refractivity contribution < 1.29 is 14.2 Å². The lowest BCUT2D eigenvalue weighted by Gasteiger charge is -2.13. The molecule has 0 aromatic heterocycles. The van der Waals surface area contributed by atoms with E-state index in [9.17, 15) is 0 Å². The first-order valence-electron chi connectivity index (χ1n) is 7.86. The number of hydrogen-bond donors (Lipinski definition) is 2. The van der Waals surface area contributed by atoms with Crippen LogP contribution < -0.4 is 15.4 Å². The predicted octanol–water partition coefficient (Wildman–Crippen LogP) is 1.37. The molecule has 1 aromatic carbocycles. The van der Waals surface area contributed by atoms with E-state index in [4.69, 9.17) is 14.2 Å². The first-order valence-corrected chi connectivity index (χ1v) is 7.86. The maximum absolute atomic E-state index is 5.40. The maximum atomic E-state index is 5.40. The molecule has 0 saturated carbocycles. The molecule has 0 radical (unpaired) electrons. The van der Waals surface area contributed by atoms with Gasteiger partial charge in [0.25, 0.3) is 0 Å². The summed E-state index contributed by atoms with van der Waals surface area (Å²) >= 11 is 0. The number of guanidine groups is 1. The van der Waals surface area contributed by atoms with Crippen LogP contribution in [0.25, 0.3) is 0 Å². The molecule has 2 N–H and O–H groups in total. The monoisotopic (exact) mass is 323 g/mol. The molecule has 6 nitrogen and oxygen atoms in total. The number of nitrogens with zero attached hydrogens (tertiary/aromatic N) is 1. The van der Waals surface area contributed by atoms with Crippen molar-refractivity contribution in [3.05, 3.63) is 29.3 Å². The lowest BCUT2D eigenvalue weighted by atomic mass is 10.1. The van der Waals surface area contributed by atoms with Gasteiger partial charge in [-0.2, -0.15) is 0 Å². The highest BCUT2D eigenvalue weighted by Gasteiger charge is 2.04. The number of methoxy groups -OCH3 is 2. The fraction of sp³-hybridized carbons (Fsp3) is 0.588. The molecule has 0 fully saturated rings. The first kappa shape index (κ1) is 19.3. The van der Waals surface area contributed by atoms with Crippen LogP contribution >= 0.6 is 0 Å². The lowest BCUT2D eigenvalue weighted by molar-refractivity contribution is 0.0733. The second-order valence-electron chi connectivity index (χ2n) is 5.10. The zero-order valence-electron chi connectivity index (χ0n) is 14.6. The summed E-state index contributed by atoms with van der Waals surface area (Å²) in [4.78, 5) is 4.20. The number of aryl methyl sites for hydroxylation is 1. The highest BCUT2D eigenvalue weighted by molar-refractivity contribution is 5.79. The smallest absolute Gasteiger partial charge is 0.191 e. The normalized spacial score (nSPS) is 11.4. The average molecular weight is 323 g/mol. The van der Waals surface area contributed by atoms with Gasteiger partial charge in [-0.05, 0) is 25.0 Å². The number of hydrogen-bond acceptors (Lipinski definition) is 4. The van der Waals surface area contributed by atoms with E-state index in [2.05, 4.69) is 34.7 Å². The van der Waals surface area contributed by atoms with Crippen LogP contribution in [-0.4, -0.2) is 60.1 Å². The Balaban J connectivity index is 2.28. The zero-order valence-corrected chi connectivity index (χ0v) is 14.6. The Bertz CT molecular complexity index is 478. The number of ether oxygens (including phenoxy) is 3. The summed E-state index contributed by atoms with van der Waals surface area (Å²) in [7, 11) is 5.12. The molecular weight excluding hydrogens is 294 g/mol. The summed E-state index contributed by atoms with van der Waals surface area (Å²) in [6.07, 6.45) is 0.871. The first-order chi connectivity index (χ1) is 11.2. The van der Waals surface area contributed by atoms with Crippen LogP contribution in [0.2, 0.25) is 0 Å². The largest absolute Gasteiger partial charge is 0.496 e. The molecule has 1 rings (SSSR count). The summed E-state index contributed by atoms with van der Waals surface area (Å²) in [6.45, 7) is 5.42. The Hall–Kier alpha value is -1.79. The number of aliphatic imine (C=N–C) groups is 1. The van der Waals surface area contributed by atoms with Crippen molar-refractivity contribution >= 4 is 5.96 Å². The van der Waals surface area contributed by atoms with Gasteiger partial charge >= 0.3 is 0 Å². The molecule has 0 atom stereocenters. The molecule has 0 heterocycles. The van der Waals surface area contributed by atoms with Crippen molar-refractivity contribution in [2.75, 3.05) is 54.2 Å². The Morgan fingerprint density at radius 3 is 2.57 bits per heavy atom. The van der Waals surface area contributed by atoms with Gasteiger partial charge in [-0.15, -0.1) is 0 Å². The van der Waals surface area contributed by atoms with E-state index in [0.29, 0.717) is 26.4 Å². The molecule has 23 heavy (non-hydrogen) atoms. The second kappa shape index (κ2) is 11.7. The summed E-state index contributed by atoms with van der Waals surface area (Å²) in [5, 5.41) is 6.51. The molecular formula is C17H29N3O3. The maximum Gasteiger partial charge on any atom is 0.191 e. The molecule has 6 heteroatoms. The second-order valence-corrected chi connectivity index (χ2v) is 5.10. The minimum absolute atomic E-state index is 0.608. The topological polar surface area (TPSA) is 64.1 Å². The molecule has 1 aromatic rings. The Kier molecular flexibility index (Phi) is 9.83. The lowest BCUT2D eigenvalue weighted by Crippen LogP contribution is -2.39. The van der Waals surface area contributed by atoms with Crippen molar-refractivity contribution in [1.29, 1.82) is 0 Å². The third-order valence-corrected chi connectivity index (χ3v) is 3.32. The highest BCUT2D eigenvalue weighted by atomic mass is 16.5. The van der Waals surface area contributed by atoms with Crippen molar-refractivity contribution in [3.63, 3.8) is 0 Å². The van der Waals surface area contributed by atoms with E-state index in [1.807, 2.05) is 6.07 Å². The van der Waals surface area contributed by atoms with Gasteiger partial charge in [0, 0.05) is 27.2 Å². The van der Waals surface area contributed by atoms with E-state index < -0.39 is 0 Å². The van der Waals surface area contributed by atoms with Gasteiger partial charge in [-0.25, -0.2) is 0 Å². The Morgan fingerprint density at radius 1 is 1.09 bits per heavy atom. The predicted molar refractivity (Wildman–Crippen MR) is 93.5 cm³/mol. The molecule has 0 aliphatic rings. The Labute approximate surface area is 139 Å². The third kappa shape index (κ3) is 7.85. The van der Waals surface area contributed by atoms with Crippen LogP contribution in [0.5, 0.6) is 5.75 Å².